The maximum atomic E-state index is 11.4. The monoisotopic (exact) mass is 274 g/mol. The summed E-state index contributed by atoms with van der Waals surface area (Å²) in [7, 11) is 0. The van der Waals surface area contributed by atoms with Crippen molar-refractivity contribution < 1.29 is 4.79 Å². The quantitative estimate of drug-likeness (QED) is 0.871. The Hall–Kier alpha value is -1.26. The molecule has 0 radical (unpaired) electrons. The Morgan fingerprint density at radius 2 is 2.32 bits per heavy atom. The summed E-state index contributed by atoms with van der Waals surface area (Å²) in [5.74, 6) is 1.61. The van der Waals surface area contributed by atoms with Gasteiger partial charge in [0, 0.05) is 23.6 Å². The van der Waals surface area contributed by atoms with Gasteiger partial charge < -0.3 is 5.32 Å². The zero-order valence-electron chi connectivity index (χ0n) is 11.1. The van der Waals surface area contributed by atoms with Gasteiger partial charge in [-0.1, -0.05) is 25.1 Å². The Labute approximate surface area is 117 Å². The van der Waals surface area contributed by atoms with Crippen molar-refractivity contribution in [1.82, 2.24) is 9.88 Å². The molecule has 100 valence electrons. The van der Waals surface area contributed by atoms with Crippen molar-refractivity contribution in [2.45, 2.75) is 24.3 Å². The molecule has 1 aliphatic rings. The van der Waals surface area contributed by atoms with Gasteiger partial charge in [0.1, 0.15) is 0 Å². The van der Waals surface area contributed by atoms with E-state index in [0.717, 1.165) is 35.8 Å². The summed E-state index contributed by atoms with van der Waals surface area (Å²) in [6, 6.07) is 8.23. The van der Waals surface area contributed by atoms with E-state index in [1.807, 2.05) is 16.7 Å². The average Bonchev–Trinajstić information content (AvgIpc) is 2.79. The van der Waals surface area contributed by atoms with Gasteiger partial charge in [0.05, 0.1) is 10.5 Å². The number of hydrogen-bond donors (Lipinski definition) is 1. The van der Waals surface area contributed by atoms with Gasteiger partial charge in [0.25, 0.3) is 0 Å². The fourth-order valence-electron chi connectivity index (χ4n) is 2.88. The van der Waals surface area contributed by atoms with Crippen LogP contribution in [0.5, 0.6) is 0 Å². The highest BCUT2D eigenvalue weighted by atomic mass is 32.2. The first kappa shape index (κ1) is 12.8. The van der Waals surface area contributed by atoms with Gasteiger partial charge in [0.2, 0.25) is 6.41 Å². The lowest BCUT2D eigenvalue weighted by molar-refractivity contribution is 0.540. The first-order valence-electron chi connectivity index (χ1n) is 6.78. The van der Waals surface area contributed by atoms with Crippen molar-refractivity contribution in [1.29, 1.82) is 0 Å². The number of thioether (sulfide) groups is 1. The summed E-state index contributed by atoms with van der Waals surface area (Å²) >= 11 is 1.81. The average molecular weight is 274 g/mol. The maximum absolute atomic E-state index is 11.4. The van der Waals surface area contributed by atoms with Crippen LogP contribution in [0.15, 0.2) is 29.3 Å². The Bertz CT molecular complexity index is 605. The van der Waals surface area contributed by atoms with Crippen LogP contribution in [0.4, 0.5) is 0 Å². The van der Waals surface area contributed by atoms with Gasteiger partial charge in [-0.3, -0.25) is 9.36 Å². The van der Waals surface area contributed by atoms with Crippen LogP contribution in [0, 0.1) is 0 Å². The topological polar surface area (TPSA) is 34.0 Å². The number of fused-ring (bicyclic) bond motifs is 3. The minimum atomic E-state index is 0.516. The normalized spacial score (nSPS) is 18.5. The number of aromatic nitrogens is 1. The third kappa shape index (κ3) is 2.09. The first-order valence-corrected chi connectivity index (χ1v) is 7.77. The number of carbonyl (C=O) groups excluding carboxylic acids is 1. The van der Waals surface area contributed by atoms with Gasteiger partial charge in [0.15, 0.2) is 0 Å². The standard InChI is InChI=1S/C15H18N2OS/c1-2-16-9-11-7-8-19-15-14(11)12-5-3-4-6-13(12)17(15)10-18/h3-6,10-11,16H,2,7-9H2,1H3. The molecule has 2 heterocycles. The van der Waals surface area contributed by atoms with E-state index in [2.05, 4.69) is 24.4 Å². The summed E-state index contributed by atoms with van der Waals surface area (Å²) in [4.78, 5) is 11.4. The number of likely N-dealkylation sites (N-methyl/N-ethyl adjacent to an activating group) is 1. The van der Waals surface area contributed by atoms with E-state index in [1.54, 1.807) is 11.8 Å². The van der Waals surface area contributed by atoms with Crippen molar-refractivity contribution in [3.05, 3.63) is 29.8 Å². The molecule has 4 heteroatoms. The summed E-state index contributed by atoms with van der Waals surface area (Å²) < 4.78 is 1.81. The van der Waals surface area contributed by atoms with Crippen LogP contribution in [0.2, 0.25) is 0 Å². The zero-order valence-corrected chi connectivity index (χ0v) is 11.9. The lowest BCUT2D eigenvalue weighted by Gasteiger charge is -2.23. The SMILES string of the molecule is CCNCC1CCSc2c1c1ccccc1n2C=O. The minimum Gasteiger partial charge on any atom is -0.316 e. The molecule has 1 N–H and O–H groups in total. The van der Waals surface area contributed by atoms with Gasteiger partial charge >= 0.3 is 0 Å². The van der Waals surface area contributed by atoms with Crippen LogP contribution in [-0.4, -0.2) is 29.8 Å². The molecular weight excluding hydrogens is 256 g/mol. The Kier molecular flexibility index (Phi) is 3.62. The van der Waals surface area contributed by atoms with Crippen LogP contribution in [0.25, 0.3) is 10.9 Å². The lowest BCUT2D eigenvalue weighted by Crippen LogP contribution is -2.23. The molecule has 0 fully saturated rings. The number of hydrogen-bond acceptors (Lipinski definition) is 3. The fraction of sp³-hybridized carbons (Fsp3) is 0.400. The highest BCUT2D eigenvalue weighted by molar-refractivity contribution is 7.99. The second-order valence-electron chi connectivity index (χ2n) is 4.85. The molecule has 1 unspecified atom stereocenters. The van der Waals surface area contributed by atoms with Crippen LogP contribution in [0.3, 0.4) is 0 Å². The van der Waals surface area contributed by atoms with Crippen molar-refractivity contribution >= 4 is 29.1 Å². The third-order valence-corrected chi connectivity index (χ3v) is 4.89. The number of benzene rings is 1. The van der Waals surface area contributed by atoms with E-state index in [1.165, 1.54) is 17.4 Å². The molecule has 0 aliphatic carbocycles. The van der Waals surface area contributed by atoms with Crippen molar-refractivity contribution in [3.63, 3.8) is 0 Å². The molecule has 0 saturated carbocycles. The molecule has 0 saturated heterocycles. The summed E-state index contributed by atoms with van der Waals surface area (Å²) in [6.07, 6.45) is 2.13. The molecule has 3 rings (SSSR count). The number of nitrogens with one attached hydrogen (secondary N) is 1. The molecule has 0 spiro atoms. The Morgan fingerprint density at radius 1 is 1.47 bits per heavy atom. The fourth-order valence-corrected chi connectivity index (χ4v) is 4.19. The predicted molar refractivity (Wildman–Crippen MR) is 80.7 cm³/mol. The summed E-state index contributed by atoms with van der Waals surface area (Å²) in [6.45, 7) is 4.12. The molecule has 0 bridgehead atoms. The molecule has 2 aromatic rings. The zero-order chi connectivity index (χ0) is 13.2. The Balaban J connectivity index is 2.16. The molecule has 19 heavy (non-hydrogen) atoms. The van der Waals surface area contributed by atoms with E-state index in [9.17, 15) is 4.79 Å². The van der Waals surface area contributed by atoms with Crippen molar-refractivity contribution in [2.24, 2.45) is 0 Å². The van der Waals surface area contributed by atoms with E-state index in [-0.39, 0.29) is 0 Å². The van der Waals surface area contributed by atoms with Crippen LogP contribution in [0.1, 0.15) is 24.8 Å². The highest BCUT2D eigenvalue weighted by Gasteiger charge is 2.27. The van der Waals surface area contributed by atoms with E-state index < -0.39 is 0 Å². The van der Waals surface area contributed by atoms with Gasteiger partial charge in [-0.25, -0.2) is 0 Å². The molecule has 1 aromatic carbocycles. The number of para-hydroxylation sites is 1. The minimum absolute atomic E-state index is 0.516. The third-order valence-electron chi connectivity index (χ3n) is 3.76. The van der Waals surface area contributed by atoms with Crippen LogP contribution >= 0.6 is 11.8 Å². The van der Waals surface area contributed by atoms with E-state index >= 15 is 0 Å². The molecule has 3 nitrogen and oxygen atoms in total. The smallest absolute Gasteiger partial charge is 0.219 e. The van der Waals surface area contributed by atoms with Gasteiger partial charge in [-0.2, -0.15) is 0 Å². The summed E-state index contributed by atoms with van der Waals surface area (Å²) in [5, 5.41) is 5.82. The number of carbonyl (C=O) groups is 1. The molecule has 0 amide bonds. The molecule has 1 atom stereocenters. The lowest BCUT2D eigenvalue weighted by atomic mass is 9.95. The molecule has 1 aromatic heterocycles. The van der Waals surface area contributed by atoms with Crippen molar-refractivity contribution in [3.8, 4) is 0 Å². The largest absolute Gasteiger partial charge is 0.316 e. The van der Waals surface area contributed by atoms with Gasteiger partial charge in [-0.05, 0) is 24.6 Å². The van der Waals surface area contributed by atoms with E-state index in [0.29, 0.717) is 5.92 Å². The Morgan fingerprint density at radius 3 is 3.11 bits per heavy atom. The molecular formula is C15H18N2OS. The number of rotatable bonds is 4. The van der Waals surface area contributed by atoms with E-state index in [4.69, 9.17) is 0 Å². The highest BCUT2D eigenvalue weighted by Crippen LogP contribution is 2.43. The summed E-state index contributed by atoms with van der Waals surface area (Å²) in [5.41, 5.74) is 2.40. The number of nitrogens with zero attached hydrogens (tertiary/aromatic N) is 1. The maximum Gasteiger partial charge on any atom is 0.219 e. The first-order chi connectivity index (χ1) is 9.36. The van der Waals surface area contributed by atoms with Gasteiger partial charge in [-0.15, -0.1) is 11.8 Å². The van der Waals surface area contributed by atoms with Crippen LogP contribution < -0.4 is 5.32 Å². The van der Waals surface area contributed by atoms with Crippen LogP contribution in [-0.2, 0) is 4.79 Å². The second-order valence-corrected chi connectivity index (χ2v) is 5.94. The van der Waals surface area contributed by atoms with Crippen molar-refractivity contribution in [2.75, 3.05) is 18.8 Å². The molecule has 1 aliphatic heterocycles. The second kappa shape index (κ2) is 5.39. The predicted octanol–water partition coefficient (Wildman–Crippen LogP) is 2.87.